The molecule has 3 heteroatoms. The van der Waals surface area contributed by atoms with Gasteiger partial charge >= 0.3 is 0 Å². The Labute approximate surface area is 165 Å². The molecule has 1 saturated carbocycles. The molecule has 2 fully saturated rings. The number of halogens is 1. The number of aromatic nitrogens is 1. The number of nitrogens with zero attached hydrogens (tertiary/aromatic N) is 2. The molecule has 1 aliphatic carbocycles. The van der Waals surface area contributed by atoms with E-state index in [0.717, 1.165) is 5.92 Å². The minimum absolute atomic E-state index is 0. The van der Waals surface area contributed by atoms with Crippen LogP contribution < -0.4 is 21.5 Å². The molecule has 1 atom stereocenters. The van der Waals surface area contributed by atoms with Crippen LogP contribution >= 0.6 is 0 Å². The minimum atomic E-state index is 0. The van der Waals surface area contributed by atoms with E-state index < -0.39 is 0 Å². The van der Waals surface area contributed by atoms with Crippen LogP contribution in [0.15, 0.2) is 24.5 Å². The summed E-state index contributed by atoms with van der Waals surface area (Å²) in [6.45, 7) is 2.44. The van der Waals surface area contributed by atoms with Crippen LogP contribution in [0.4, 0.5) is 0 Å². The summed E-state index contributed by atoms with van der Waals surface area (Å²) in [4.78, 5) is 2.50. The summed E-state index contributed by atoms with van der Waals surface area (Å²) in [6.07, 6.45) is 21.9. The van der Waals surface area contributed by atoms with E-state index in [4.69, 9.17) is 0 Å². The van der Waals surface area contributed by atoms with Crippen LogP contribution in [0.3, 0.4) is 0 Å². The van der Waals surface area contributed by atoms with Gasteiger partial charge in [0.25, 0.3) is 0 Å². The summed E-state index contributed by atoms with van der Waals surface area (Å²) >= 11 is 0. The number of hydrogen-bond acceptors (Lipinski definition) is 1. The molecule has 0 spiro atoms. The molecular weight excluding hydrogens is 372 g/mol. The van der Waals surface area contributed by atoms with Crippen molar-refractivity contribution in [1.29, 1.82) is 0 Å². The molecule has 3 rings (SSSR count). The number of unbranched alkanes of at least 4 members (excludes halogenated alkanes) is 3. The average molecular weight is 409 g/mol. The fraction of sp³-hybridized carbons (Fsp3) is 0.773. The lowest BCUT2D eigenvalue weighted by molar-refractivity contribution is -0.697. The summed E-state index contributed by atoms with van der Waals surface area (Å²) in [5.74, 6) is 1.06. The quantitative estimate of drug-likeness (QED) is 0.472. The predicted molar refractivity (Wildman–Crippen MR) is 101 cm³/mol. The van der Waals surface area contributed by atoms with Gasteiger partial charge in [-0.2, -0.15) is 0 Å². The second-order valence-corrected chi connectivity index (χ2v) is 8.22. The van der Waals surface area contributed by atoms with Gasteiger partial charge in [-0.15, -0.1) is 0 Å². The Morgan fingerprint density at radius 2 is 1.80 bits per heavy atom. The molecule has 2 aliphatic rings. The van der Waals surface area contributed by atoms with Crippen LogP contribution in [0.2, 0.25) is 0 Å². The fourth-order valence-electron chi connectivity index (χ4n) is 4.77. The van der Waals surface area contributed by atoms with Gasteiger partial charge < -0.3 is 17.0 Å². The molecular formula is C22H37BrN2. The third kappa shape index (κ3) is 6.67. The van der Waals surface area contributed by atoms with Gasteiger partial charge in [-0.1, -0.05) is 51.4 Å². The number of hydrogen-bond donors (Lipinski definition) is 0. The van der Waals surface area contributed by atoms with Crippen molar-refractivity contribution in [1.82, 2.24) is 4.90 Å². The van der Waals surface area contributed by atoms with Crippen molar-refractivity contribution in [3.8, 4) is 0 Å². The zero-order valence-corrected chi connectivity index (χ0v) is 17.7. The Hall–Kier alpha value is -0.410. The van der Waals surface area contributed by atoms with Crippen LogP contribution in [0.25, 0.3) is 0 Å². The number of likely N-dealkylation sites (tertiary alicyclic amines) is 1. The zero-order valence-electron chi connectivity index (χ0n) is 16.1. The van der Waals surface area contributed by atoms with Gasteiger partial charge in [-0.3, -0.25) is 4.90 Å². The lowest BCUT2D eigenvalue weighted by Crippen LogP contribution is -3.00. The number of rotatable bonds is 8. The van der Waals surface area contributed by atoms with Gasteiger partial charge in [-0.25, -0.2) is 4.57 Å². The Morgan fingerprint density at radius 1 is 1.00 bits per heavy atom. The summed E-state index contributed by atoms with van der Waals surface area (Å²) < 4.78 is 2.42. The second kappa shape index (κ2) is 11.3. The smallest absolute Gasteiger partial charge is 0.173 e. The number of pyridine rings is 1. The molecule has 25 heavy (non-hydrogen) atoms. The first-order valence-corrected chi connectivity index (χ1v) is 10.5. The van der Waals surface area contributed by atoms with Gasteiger partial charge in [-0.05, 0) is 44.8 Å². The monoisotopic (exact) mass is 408 g/mol. The first kappa shape index (κ1) is 20.9. The van der Waals surface area contributed by atoms with Crippen LogP contribution in [0.5, 0.6) is 0 Å². The standard InChI is InChI=1S/C22H37N2.BrH/c1-23-16-10-15-22(23)21-14-9-18-24(19-21)17-8-3-2-5-11-20-12-6-4-7-13-20;/h9,14,18-20,22H,2-8,10-13,15-17H2,1H3;1H/q+1;/p-1/t22-;/m0./s1. The number of aryl methyl sites for hydroxylation is 1. The van der Waals surface area contributed by atoms with Gasteiger partial charge in [0.2, 0.25) is 0 Å². The molecule has 2 heterocycles. The van der Waals surface area contributed by atoms with Crippen molar-refractivity contribution in [3.05, 3.63) is 30.1 Å². The van der Waals surface area contributed by atoms with E-state index in [1.165, 1.54) is 95.7 Å². The molecule has 1 aliphatic heterocycles. The molecule has 2 nitrogen and oxygen atoms in total. The molecule has 0 aromatic carbocycles. The van der Waals surface area contributed by atoms with Crippen molar-refractivity contribution in [2.45, 2.75) is 89.6 Å². The highest BCUT2D eigenvalue weighted by Crippen LogP contribution is 2.29. The van der Waals surface area contributed by atoms with Gasteiger partial charge in [0, 0.05) is 24.1 Å². The predicted octanol–water partition coefficient (Wildman–Crippen LogP) is 2.28. The lowest BCUT2D eigenvalue weighted by Gasteiger charge is -2.21. The van der Waals surface area contributed by atoms with Crippen LogP contribution in [0, 0.1) is 5.92 Å². The molecule has 1 aromatic rings. The van der Waals surface area contributed by atoms with Gasteiger partial charge in [0.05, 0.1) is 0 Å². The van der Waals surface area contributed by atoms with Gasteiger partial charge in [0.1, 0.15) is 6.54 Å². The molecule has 1 saturated heterocycles. The second-order valence-electron chi connectivity index (χ2n) is 8.22. The van der Waals surface area contributed by atoms with Crippen molar-refractivity contribution in [3.63, 3.8) is 0 Å². The maximum Gasteiger partial charge on any atom is 0.173 e. The van der Waals surface area contributed by atoms with E-state index in [1.807, 2.05) is 0 Å². The maximum absolute atomic E-state index is 2.50. The Bertz CT molecular complexity index is 485. The van der Waals surface area contributed by atoms with E-state index in [0.29, 0.717) is 6.04 Å². The van der Waals surface area contributed by atoms with E-state index >= 15 is 0 Å². The molecule has 0 amide bonds. The molecule has 0 radical (unpaired) electrons. The highest BCUT2D eigenvalue weighted by atomic mass is 79.9. The normalized spacial score (nSPS) is 22.0. The van der Waals surface area contributed by atoms with Crippen LogP contribution in [0.1, 0.15) is 88.7 Å². The highest BCUT2D eigenvalue weighted by molar-refractivity contribution is 5.12. The molecule has 0 N–H and O–H groups in total. The third-order valence-electron chi connectivity index (χ3n) is 6.29. The Kier molecular flexibility index (Phi) is 9.47. The average Bonchev–Trinajstić information content (AvgIpc) is 3.05. The SMILES string of the molecule is CN1CCC[C@H]1c1ccc[n+](CCCCCCC2CCCCC2)c1.[Br-]. The lowest BCUT2D eigenvalue weighted by atomic mass is 9.85. The van der Waals surface area contributed by atoms with Crippen molar-refractivity contribution in [2.24, 2.45) is 5.92 Å². The zero-order chi connectivity index (χ0) is 16.6. The van der Waals surface area contributed by atoms with E-state index in [1.54, 1.807) is 0 Å². The largest absolute Gasteiger partial charge is 1.00 e. The molecule has 1 aromatic heterocycles. The fourth-order valence-corrected chi connectivity index (χ4v) is 4.77. The molecule has 142 valence electrons. The third-order valence-corrected chi connectivity index (χ3v) is 6.29. The molecule has 0 bridgehead atoms. The van der Waals surface area contributed by atoms with E-state index in [9.17, 15) is 0 Å². The van der Waals surface area contributed by atoms with E-state index in [2.05, 4.69) is 41.0 Å². The first-order valence-electron chi connectivity index (χ1n) is 10.5. The summed E-state index contributed by atoms with van der Waals surface area (Å²) in [7, 11) is 2.27. The van der Waals surface area contributed by atoms with Crippen molar-refractivity contribution < 1.29 is 21.5 Å². The van der Waals surface area contributed by atoms with Crippen LogP contribution in [-0.4, -0.2) is 18.5 Å². The summed E-state index contributed by atoms with van der Waals surface area (Å²) in [5.41, 5.74) is 1.51. The van der Waals surface area contributed by atoms with E-state index in [-0.39, 0.29) is 17.0 Å². The van der Waals surface area contributed by atoms with Gasteiger partial charge in [0.15, 0.2) is 12.4 Å². The topological polar surface area (TPSA) is 7.12 Å². The highest BCUT2D eigenvalue weighted by Gasteiger charge is 2.24. The van der Waals surface area contributed by atoms with Crippen LogP contribution in [-0.2, 0) is 6.54 Å². The Balaban J connectivity index is 0.00000225. The first-order chi connectivity index (χ1) is 11.8. The minimum Gasteiger partial charge on any atom is -1.00 e. The maximum atomic E-state index is 2.50. The van der Waals surface area contributed by atoms with Crippen molar-refractivity contribution >= 4 is 0 Å². The Morgan fingerprint density at radius 3 is 2.56 bits per heavy atom. The summed E-state index contributed by atoms with van der Waals surface area (Å²) in [5, 5.41) is 0. The van der Waals surface area contributed by atoms with Crippen molar-refractivity contribution in [2.75, 3.05) is 13.6 Å². The summed E-state index contributed by atoms with van der Waals surface area (Å²) in [6, 6.07) is 5.20. The molecule has 0 unspecified atom stereocenters.